The summed E-state index contributed by atoms with van der Waals surface area (Å²) in [6, 6.07) is 14.7. The molecule has 0 unspecified atom stereocenters. The maximum Gasteiger partial charge on any atom is 0.248 e. The summed E-state index contributed by atoms with van der Waals surface area (Å²) < 4.78 is 5.13. The van der Waals surface area contributed by atoms with E-state index >= 15 is 0 Å². The Morgan fingerprint density at radius 3 is 2.86 bits per heavy atom. The molecule has 0 fully saturated rings. The third kappa shape index (κ3) is 3.46. The van der Waals surface area contributed by atoms with Gasteiger partial charge in [0.15, 0.2) is 0 Å². The number of benzene rings is 1. The minimum Gasteiger partial charge on any atom is -0.465 e. The fourth-order valence-corrected chi connectivity index (χ4v) is 1.94. The average molecular weight is 291 g/mol. The van der Waals surface area contributed by atoms with Gasteiger partial charge in [-0.2, -0.15) is 10.2 Å². The molecule has 5 nitrogen and oxygen atoms in total. The van der Waals surface area contributed by atoms with Crippen LogP contribution in [0.2, 0.25) is 0 Å². The quantitative estimate of drug-likeness (QED) is 0.748. The SMILES string of the molecule is O=C(/C=C/c1ccco1)Nc1cccc(-c2cccnn2)c1. The highest BCUT2D eigenvalue weighted by Gasteiger charge is 2.02. The van der Waals surface area contributed by atoms with Crippen molar-refractivity contribution in [3.05, 3.63) is 72.8 Å². The molecular formula is C17H13N3O2. The fourth-order valence-electron chi connectivity index (χ4n) is 1.94. The molecule has 3 aromatic rings. The Balaban J connectivity index is 1.72. The van der Waals surface area contributed by atoms with E-state index < -0.39 is 0 Å². The summed E-state index contributed by atoms with van der Waals surface area (Å²) in [5.74, 6) is 0.399. The summed E-state index contributed by atoms with van der Waals surface area (Å²) in [6.07, 6.45) is 6.21. The number of rotatable bonds is 4. The van der Waals surface area contributed by atoms with Crippen LogP contribution in [0, 0.1) is 0 Å². The van der Waals surface area contributed by atoms with E-state index in [9.17, 15) is 4.79 Å². The Morgan fingerprint density at radius 2 is 2.09 bits per heavy atom. The van der Waals surface area contributed by atoms with Crippen LogP contribution in [-0.2, 0) is 4.79 Å². The molecule has 5 heteroatoms. The molecule has 0 aliphatic heterocycles. The van der Waals surface area contributed by atoms with Gasteiger partial charge in [-0.25, -0.2) is 0 Å². The van der Waals surface area contributed by atoms with Gasteiger partial charge in [0.25, 0.3) is 0 Å². The standard InChI is InChI=1S/C17H13N3O2/c21-17(9-8-15-6-3-11-22-15)19-14-5-1-4-13(12-14)16-7-2-10-18-20-16/h1-12H,(H,19,21)/b9-8+. The number of aromatic nitrogens is 2. The number of amides is 1. The number of anilines is 1. The second-order valence-corrected chi connectivity index (χ2v) is 4.53. The molecule has 108 valence electrons. The van der Waals surface area contributed by atoms with Crippen molar-refractivity contribution in [2.24, 2.45) is 0 Å². The van der Waals surface area contributed by atoms with Crippen LogP contribution in [0.25, 0.3) is 17.3 Å². The van der Waals surface area contributed by atoms with Crippen molar-refractivity contribution >= 4 is 17.7 Å². The Bertz CT molecular complexity index is 781. The zero-order chi connectivity index (χ0) is 15.2. The van der Waals surface area contributed by atoms with Gasteiger partial charge in [-0.1, -0.05) is 12.1 Å². The van der Waals surface area contributed by atoms with Gasteiger partial charge in [0.2, 0.25) is 5.91 Å². The lowest BCUT2D eigenvalue weighted by atomic mass is 10.1. The van der Waals surface area contributed by atoms with Crippen LogP contribution in [-0.4, -0.2) is 16.1 Å². The van der Waals surface area contributed by atoms with Crippen molar-refractivity contribution in [2.45, 2.75) is 0 Å². The second-order valence-electron chi connectivity index (χ2n) is 4.53. The summed E-state index contributed by atoms with van der Waals surface area (Å²) in [5.41, 5.74) is 2.34. The molecule has 1 N–H and O–H groups in total. The van der Waals surface area contributed by atoms with Gasteiger partial charge in [-0.3, -0.25) is 4.79 Å². The molecular weight excluding hydrogens is 278 g/mol. The lowest BCUT2D eigenvalue weighted by Gasteiger charge is -2.05. The monoisotopic (exact) mass is 291 g/mol. The Morgan fingerprint density at radius 1 is 1.14 bits per heavy atom. The highest BCUT2D eigenvalue weighted by molar-refractivity contribution is 6.02. The molecule has 3 rings (SSSR count). The topological polar surface area (TPSA) is 68.0 Å². The minimum atomic E-state index is -0.229. The summed E-state index contributed by atoms with van der Waals surface area (Å²) in [6.45, 7) is 0. The normalized spacial score (nSPS) is 10.7. The highest BCUT2D eigenvalue weighted by atomic mass is 16.3. The first kappa shape index (κ1) is 13.8. The van der Waals surface area contributed by atoms with Crippen LogP contribution < -0.4 is 5.32 Å². The Kier molecular flexibility index (Phi) is 4.06. The van der Waals surface area contributed by atoms with Gasteiger partial charge in [-0.05, 0) is 42.5 Å². The molecule has 0 aliphatic rings. The number of nitrogens with zero attached hydrogens (tertiary/aromatic N) is 2. The zero-order valence-electron chi connectivity index (χ0n) is 11.6. The average Bonchev–Trinajstić information content (AvgIpc) is 3.08. The summed E-state index contributed by atoms with van der Waals surface area (Å²) >= 11 is 0. The first-order valence-corrected chi connectivity index (χ1v) is 6.72. The lowest BCUT2D eigenvalue weighted by molar-refractivity contribution is -0.111. The van der Waals surface area contributed by atoms with Crippen LogP contribution in [0.5, 0.6) is 0 Å². The van der Waals surface area contributed by atoms with E-state index in [0.717, 1.165) is 11.3 Å². The van der Waals surface area contributed by atoms with E-state index in [0.29, 0.717) is 11.4 Å². The fraction of sp³-hybridized carbons (Fsp3) is 0. The van der Waals surface area contributed by atoms with Crippen LogP contribution >= 0.6 is 0 Å². The minimum absolute atomic E-state index is 0.229. The number of hydrogen-bond donors (Lipinski definition) is 1. The third-order valence-corrected chi connectivity index (χ3v) is 2.94. The number of nitrogens with one attached hydrogen (secondary N) is 1. The molecule has 0 saturated heterocycles. The molecule has 1 amide bonds. The first-order valence-electron chi connectivity index (χ1n) is 6.72. The van der Waals surface area contributed by atoms with E-state index in [1.807, 2.05) is 36.4 Å². The Labute approximate surface area is 127 Å². The smallest absolute Gasteiger partial charge is 0.248 e. The van der Waals surface area contributed by atoms with Gasteiger partial charge in [0.05, 0.1) is 12.0 Å². The van der Waals surface area contributed by atoms with Crippen molar-refractivity contribution < 1.29 is 9.21 Å². The van der Waals surface area contributed by atoms with Crippen molar-refractivity contribution in [1.82, 2.24) is 10.2 Å². The van der Waals surface area contributed by atoms with Gasteiger partial charge in [0.1, 0.15) is 5.76 Å². The molecule has 0 aliphatic carbocycles. The first-order chi connectivity index (χ1) is 10.8. The molecule has 22 heavy (non-hydrogen) atoms. The van der Waals surface area contributed by atoms with Crippen molar-refractivity contribution in [1.29, 1.82) is 0 Å². The van der Waals surface area contributed by atoms with E-state index in [1.165, 1.54) is 6.08 Å². The van der Waals surface area contributed by atoms with Gasteiger partial charge < -0.3 is 9.73 Å². The van der Waals surface area contributed by atoms with Crippen molar-refractivity contribution in [3.63, 3.8) is 0 Å². The molecule has 0 radical (unpaired) electrons. The lowest BCUT2D eigenvalue weighted by Crippen LogP contribution is -2.07. The summed E-state index contributed by atoms with van der Waals surface area (Å²) in [4.78, 5) is 11.9. The van der Waals surface area contributed by atoms with Crippen LogP contribution in [0.1, 0.15) is 5.76 Å². The van der Waals surface area contributed by atoms with Crippen LogP contribution in [0.15, 0.2) is 71.5 Å². The highest BCUT2D eigenvalue weighted by Crippen LogP contribution is 2.20. The van der Waals surface area contributed by atoms with Crippen LogP contribution in [0.3, 0.4) is 0 Å². The predicted molar refractivity (Wildman–Crippen MR) is 83.8 cm³/mol. The molecule has 0 spiro atoms. The molecule has 0 atom stereocenters. The van der Waals surface area contributed by atoms with Gasteiger partial charge >= 0.3 is 0 Å². The number of hydrogen-bond acceptors (Lipinski definition) is 4. The summed E-state index contributed by atoms with van der Waals surface area (Å²) in [7, 11) is 0. The predicted octanol–water partition coefficient (Wildman–Crippen LogP) is 3.39. The number of furan rings is 1. The van der Waals surface area contributed by atoms with E-state index in [4.69, 9.17) is 4.42 Å². The summed E-state index contributed by atoms with van der Waals surface area (Å²) in [5, 5.41) is 10.7. The molecule has 2 heterocycles. The molecule has 0 bridgehead atoms. The van der Waals surface area contributed by atoms with Crippen molar-refractivity contribution in [3.8, 4) is 11.3 Å². The number of carbonyl (C=O) groups excluding carboxylic acids is 1. The van der Waals surface area contributed by atoms with E-state index in [1.54, 1.807) is 30.7 Å². The zero-order valence-corrected chi connectivity index (χ0v) is 11.6. The van der Waals surface area contributed by atoms with E-state index in [-0.39, 0.29) is 5.91 Å². The van der Waals surface area contributed by atoms with Crippen LogP contribution in [0.4, 0.5) is 5.69 Å². The second kappa shape index (κ2) is 6.49. The van der Waals surface area contributed by atoms with E-state index in [2.05, 4.69) is 15.5 Å². The van der Waals surface area contributed by atoms with Gasteiger partial charge in [0, 0.05) is 23.5 Å². The largest absolute Gasteiger partial charge is 0.465 e. The number of carbonyl (C=O) groups is 1. The van der Waals surface area contributed by atoms with Gasteiger partial charge in [-0.15, -0.1) is 0 Å². The Hall–Kier alpha value is -3.21. The third-order valence-electron chi connectivity index (χ3n) is 2.94. The maximum atomic E-state index is 11.9. The van der Waals surface area contributed by atoms with Crippen molar-refractivity contribution in [2.75, 3.05) is 5.32 Å². The molecule has 1 aromatic carbocycles. The molecule has 2 aromatic heterocycles. The maximum absolute atomic E-state index is 11.9. The molecule has 0 saturated carbocycles.